The van der Waals surface area contributed by atoms with Crippen molar-refractivity contribution >= 4 is 38.0 Å². The molecule has 0 aromatic heterocycles. The highest BCUT2D eigenvalue weighted by Gasteiger charge is 2.62. The van der Waals surface area contributed by atoms with Crippen molar-refractivity contribution in [3.63, 3.8) is 0 Å². The normalized spacial score (nSPS) is 21.9. The molecule has 1 heterocycles. The van der Waals surface area contributed by atoms with Gasteiger partial charge in [-0.1, -0.05) is 70.2 Å². The van der Waals surface area contributed by atoms with E-state index in [0.29, 0.717) is 0 Å². The Balaban J connectivity index is 2.47. The molecular weight excluding hydrogens is 450 g/mol. The number of carbonyl (C=O) groups is 2. The molecule has 5 nitrogen and oxygen atoms in total. The SMILES string of the molecule is C[C@@H](C(=S)c1ccccc1)[C@@H]1[C@@H]([C@@](C)(O[SiH](C)C)C(C)(C)C)C(=O)N1CC(=O)OC(C)(C)C. The van der Waals surface area contributed by atoms with Crippen LogP contribution in [-0.4, -0.2) is 54.5 Å². The Hall–Kier alpha value is -1.57. The topological polar surface area (TPSA) is 55.8 Å². The molecule has 0 saturated carbocycles. The third-order valence-corrected chi connectivity index (χ3v) is 8.09. The van der Waals surface area contributed by atoms with E-state index in [1.165, 1.54) is 0 Å². The third-order valence-electron chi connectivity index (χ3n) is 6.52. The molecule has 0 aliphatic carbocycles. The number of thiocarbonyl (C=S) groups is 1. The zero-order chi connectivity index (χ0) is 25.4. The zero-order valence-corrected chi connectivity index (χ0v) is 23.9. The van der Waals surface area contributed by atoms with Crippen LogP contribution in [0.25, 0.3) is 0 Å². The van der Waals surface area contributed by atoms with Gasteiger partial charge >= 0.3 is 5.97 Å². The maximum absolute atomic E-state index is 13.6. The van der Waals surface area contributed by atoms with E-state index in [1.807, 2.05) is 51.1 Å². The summed E-state index contributed by atoms with van der Waals surface area (Å²) in [6.45, 7) is 20.1. The second kappa shape index (κ2) is 9.96. The third kappa shape index (κ3) is 6.11. The molecule has 1 aromatic carbocycles. The Bertz CT molecular complexity index is 875. The molecule has 4 atom stereocenters. The fourth-order valence-electron chi connectivity index (χ4n) is 4.61. The molecule has 7 heteroatoms. The van der Waals surface area contributed by atoms with Gasteiger partial charge in [-0.05, 0) is 51.8 Å². The van der Waals surface area contributed by atoms with Gasteiger partial charge in [-0.15, -0.1) is 0 Å². The standard InChI is InChI=1S/C26H41NO4SSi/c1-17(22(32)18-14-12-11-13-15-18)21-20(26(8,24(2,3)4)31-33(9)10)23(29)27(21)16-19(28)30-25(5,6)7/h11-15,17,20-21,33H,16H2,1-10H3/t17-,20-,21-,26-/m1/s1. The van der Waals surface area contributed by atoms with E-state index < -0.39 is 32.1 Å². The van der Waals surface area contributed by atoms with Crippen molar-refractivity contribution in [1.29, 1.82) is 0 Å². The number of amides is 1. The van der Waals surface area contributed by atoms with Crippen LogP contribution in [0.15, 0.2) is 30.3 Å². The first kappa shape index (κ1) is 27.7. The minimum absolute atomic E-state index is 0.0688. The van der Waals surface area contributed by atoms with Gasteiger partial charge in [-0.25, -0.2) is 0 Å². The highest BCUT2D eigenvalue weighted by molar-refractivity contribution is 7.80. The molecule has 1 amide bonds. The van der Waals surface area contributed by atoms with Crippen LogP contribution in [0.3, 0.4) is 0 Å². The van der Waals surface area contributed by atoms with Crippen LogP contribution < -0.4 is 0 Å². The Labute approximate surface area is 206 Å². The highest BCUT2D eigenvalue weighted by Crippen LogP contribution is 2.50. The number of ether oxygens (including phenoxy) is 1. The summed E-state index contributed by atoms with van der Waals surface area (Å²) in [5, 5.41) is 0. The highest BCUT2D eigenvalue weighted by atomic mass is 32.1. The van der Waals surface area contributed by atoms with Gasteiger partial charge in [0.1, 0.15) is 12.1 Å². The summed E-state index contributed by atoms with van der Waals surface area (Å²) in [7, 11) is -1.47. The summed E-state index contributed by atoms with van der Waals surface area (Å²) in [5.41, 5.74) is -0.612. The molecule has 0 unspecified atom stereocenters. The van der Waals surface area contributed by atoms with Crippen LogP contribution in [0.1, 0.15) is 61.0 Å². The average molecular weight is 492 g/mol. The van der Waals surface area contributed by atoms with E-state index in [9.17, 15) is 9.59 Å². The van der Waals surface area contributed by atoms with Gasteiger partial charge < -0.3 is 14.1 Å². The van der Waals surface area contributed by atoms with Crippen LogP contribution in [0, 0.1) is 17.3 Å². The van der Waals surface area contributed by atoms with Crippen LogP contribution in [0.5, 0.6) is 0 Å². The van der Waals surface area contributed by atoms with E-state index in [0.717, 1.165) is 10.4 Å². The first-order valence-electron chi connectivity index (χ1n) is 11.8. The summed E-state index contributed by atoms with van der Waals surface area (Å²) in [6.07, 6.45) is 0. The number of hydrogen-bond donors (Lipinski definition) is 0. The zero-order valence-electron chi connectivity index (χ0n) is 21.9. The summed E-state index contributed by atoms with van der Waals surface area (Å²) in [5.74, 6) is -1.01. The first-order valence-corrected chi connectivity index (χ1v) is 15.0. The summed E-state index contributed by atoms with van der Waals surface area (Å²) >= 11 is 5.88. The van der Waals surface area contributed by atoms with Crippen LogP contribution in [0.4, 0.5) is 0 Å². The van der Waals surface area contributed by atoms with Gasteiger partial charge in [0.15, 0.2) is 9.04 Å². The number of rotatable bonds is 8. The lowest BCUT2D eigenvalue weighted by Crippen LogP contribution is -2.74. The predicted molar refractivity (Wildman–Crippen MR) is 140 cm³/mol. The van der Waals surface area contributed by atoms with Gasteiger partial charge in [0.05, 0.1) is 17.6 Å². The molecule has 2 rings (SSSR count). The molecule has 184 valence electrons. The van der Waals surface area contributed by atoms with Gasteiger partial charge in [0, 0.05) is 10.8 Å². The number of nitrogens with zero attached hydrogens (tertiary/aromatic N) is 1. The van der Waals surface area contributed by atoms with Crippen molar-refractivity contribution in [3.05, 3.63) is 35.9 Å². The molecule has 33 heavy (non-hydrogen) atoms. The molecular formula is C26H41NO4SSi. The number of β-lactam (4-membered cyclic amide) rings is 1. The van der Waals surface area contributed by atoms with Gasteiger partial charge in [0.25, 0.3) is 0 Å². The number of likely N-dealkylation sites (tertiary alicyclic amines) is 1. The van der Waals surface area contributed by atoms with E-state index >= 15 is 0 Å². The number of carbonyl (C=O) groups excluding carboxylic acids is 2. The van der Waals surface area contributed by atoms with E-state index in [1.54, 1.807) is 4.90 Å². The smallest absolute Gasteiger partial charge is 0.326 e. The lowest BCUT2D eigenvalue weighted by molar-refractivity contribution is -0.193. The second-order valence-corrected chi connectivity index (χ2v) is 14.3. The molecule has 1 aliphatic heterocycles. The average Bonchev–Trinajstić information content (AvgIpc) is 2.66. The Morgan fingerprint density at radius 1 is 1.09 bits per heavy atom. The number of hydrogen-bond acceptors (Lipinski definition) is 5. The lowest BCUT2D eigenvalue weighted by atomic mass is 9.61. The summed E-state index contributed by atoms with van der Waals surface area (Å²) in [4.78, 5) is 28.7. The maximum Gasteiger partial charge on any atom is 0.326 e. The molecule has 0 N–H and O–H groups in total. The lowest BCUT2D eigenvalue weighted by Gasteiger charge is -2.60. The summed E-state index contributed by atoms with van der Waals surface area (Å²) < 4.78 is 12.1. The van der Waals surface area contributed by atoms with Crippen molar-refractivity contribution in [2.45, 2.75) is 85.7 Å². The van der Waals surface area contributed by atoms with Gasteiger partial charge in [0.2, 0.25) is 5.91 Å². The first-order chi connectivity index (χ1) is 15.0. The number of benzene rings is 1. The molecule has 0 radical (unpaired) electrons. The van der Waals surface area contributed by atoms with Crippen molar-refractivity contribution < 1.29 is 18.8 Å². The fraction of sp³-hybridized carbons (Fsp3) is 0.654. The second-order valence-electron chi connectivity index (χ2n) is 11.6. The quantitative estimate of drug-likeness (QED) is 0.168. The van der Waals surface area contributed by atoms with Gasteiger partial charge in [-0.3, -0.25) is 9.59 Å². The predicted octanol–water partition coefficient (Wildman–Crippen LogP) is 5.01. The van der Waals surface area contributed by atoms with E-state index in [4.69, 9.17) is 21.4 Å². The molecule has 1 fully saturated rings. The van der Waals surface area contributed by atoms with Crippen LogP contribution in [0.2, 0.25) is 13.1 Å². The minimum atomic E-state index is -1.47. The number of esters is 1. The van der Waals surface area contributed by atoms with Crippen molar-refractivity contribution in [2.75, 3.05) is 6.54 Å². The molecule has 1 aromatic rings. The fourth-order valence-corrected chi connectivity index (χ4v) is 6.37. The maximum atomic E-state index is 13.6. The van der Waals surface area contributed by atoms with Crippen LogP contribution in [-0.2, 0) is 18.8 Å². The monoisotopic (exact) mass is 491 g/mol. The molecule has 1 aliphatic rings. The molecule has 1 saturated heterocycles. The van der Waals surface area contributed by atoms with Crippen molar-refractivity contribution in [2.24, 2.45) is 17.3 Å². The summed E-state index contributed by atoms with van der Waals surface area (Å²) in [6, 6.07) is 9.61. The molecule has 0 bridgehead atoms. The minimum Gasteiger partial charge on any atom is -0.459 e. The van der Waals surface area contributed by atoms with Crippen LogP contribution >= 0.6 is 12.2 Å². The van der Waals surface area contributed by atoms with Gasteiger partial charge in [-0.2, -0.15) is 0 Å². The van der Waals surface area contributed by atoms with Crippen molar-refractivity contribution in [1.82, 2.24) is 4.90 Å². The van der Waals surface area contributed by atoms with E-state index in [2.05, 4.69) is 47.7 Å². The Morgan fingerprint density at radius 2 is 1.64 bits per heavy atom. The largest absolute Gasteiger partial charge is 0.459 e. The Morgan fingerprint density at radius 3 is 2.09 bits per heavy atom. The van der Waals surface area contributed by atoms with Crippen molar-refractivity contribution in [3.8, 4) is 0 Å². The molecule has 0 spiro atoms. The Kier molecular flexibility index (Phi) is 8.35. The van der Waals surface area contributed by atoms with E-state index in [-0.39, 0.29) is 29.8 Å².